The maximum absolute atomic E-state index is 5.65. The predicted molar refractivity (Wildman–Crippen MR) is 121 cm³/mol. The minimum atomic E-state index is 0. The zero-order chi connectivity index (χ0) is 18.0. The van der Waals surface area contributed by atoms with Crippen LogP contribution in [0.4, 0.5) is 0 Å². The molecular formula is C21H29IN4O. The van der Waals surface area contributed by atoms with Gasteiger partial charge in [0.15, 0.2) is 5.96 Å². The van der Waals surface area contributed by atoms with Crippen LogP contribution in [0.1, 0.15) is 37.2 Å². The molecule has 0 radical (unpaired) electrons. The Morgan fingerprint density at radius 3 is 2.56 bits per heavy atom. The summed E-state index contributed by atoms with van der Waals surface area (Å²) in [6, 6.07) is 15.1. The van der Waals surface area contributed by atoms with Crippen LogP contribution >= 0.6 is 24.0 Å². The van der Waals surface area contributed by atoms with Gasteiger partial charge in [-0.3, -0.25) is 9.98 Å². The van der Waals surface area contributed by atoms with Gasteiger partial charge in [-0.05, 0) is 49.3 Å². The minimum absolute atomic E-state index is 0. The van der Waals surface area contributed by atoms with E-state index >= 15 is 0 Å². The lowest BCUT2D eigenvalue weighted by molar-refractivity contribution is 0.319. The molecule has 1 aliphatic carbocycles. The maximum Gasteiger partial charge on any atom is 0.191 e. The number of nitrogens with zero attached hydrogens (tertiary/aromatic N) is 2. The fourth-order valence-electron chi connectivity index (χ4n) is 3.46. The van der Waals surface area contributed by atoms with Gasteiger partial charge in [-0.15, -0.1) is 24.0 Å². The molecule has 5 nitrogen and oxygen atoms in total. The van der Waals surface area contributed by atoms with E-state index < -0.39 is 0 Å². The molecule has 1 aliphatic rings. The van der Waals surface area contributed by atoms with Gasteiger partial charge >= 0.3 is 0 Å². The van der Waals surface area contributed by atoms with E-state index in [1.807, 2.05) is 19.2 Å². The first-order valence-corrected chi connectivity index (χ1v) is 9.40. The van der Waals surface area contributed by atoms with Crippen molar-refractivity contribution in [1.29, 1.82) is 0 Å². The maximum atomic E-state index is 5.65. The number of benzene rings is 1. The lowest BCUT2D eigenvalue weighted by Crippen LogP contribution is -2.45. The first kappa shape index (κ1) is 21.5. The highest BCUT2D eigenvalue weighted by molar-refractivity contribution is 14.0. The summed E-state index contributed by atoms with van der Waals surface area (Å²) in [5.74, 6) is 2.33. The molecule has 1 saturated carbocycles. The van der Waals surface area contributed by atoms with E-state index in [-0.39, 0.29) is 24.0 Å². The second-order valence-corrected chi connectivity index (χ2v) is 6.64. The summed E-state index contributed by atoms with van der Waals surface area (Å²) in [7, 11) is 1.81. The van der Waals surface area contributed by atoms with Crippen molar-refractivity contribution in [2.24, 2.45) is 4.99 Å². The molecule has 2 aromatic rings. The van der Waals surface area contributed by atoms with Crippen molar-refractivity contribution in [3.8, 4) is 5.75 Å². The molecule has 0 spiro atoms. The van der Waals surface area contributed by atoms with Gasteiger partial charge in [0.25, 0.3) is 0 Å². The van der Waals surface area contributed by atoms with E-state index in [9.17, 15) is 0 Å². The standard InChI is InChI=1S/C21H28N4O.HI/c1-22-21(24-14-15-26-20-8-5-13-23-16-20)25-19-11-9-18(10-12-19)17-6-3-2-4-7-17;/h2-8,13,16,18-19H,9-12,14-15H2,1H3,(H2,22,24,25);1H. The lowest BCUT2D eigenvalue weighted by Gasteiger charge is -2.30. The fourth-order valence-corrected chi connectivity index (χ4v) is 3.46. The molecule has 0 amide bonds. The van der Waals surface area contributed by atoms with Crippen LogP contribution in [-0.2, 0) is 0 Å². The number of pyridine rings is 1. The van der Waals surface area contributed by atoms with Crippen LogP contribution in [0.2, 0.25) is 0 Å². The Bertz CT molecular complexity index is 673. The predicted octanol–water partition coefficient (Wildman–Crippen LogP) is 3.97. The third kappa shape index (κ3) is 7.01. The highest BCUT2D eigenvalue weighted by Gasteiger charge is 2.22. The van der Waals surface area contributed by atoms with E-state index in [0.29, 0.717) is 25.1 Å². The molecular weight excluding hydrogens is 451 g/mol. The Hall–Kier alpha value is -1.83. The van der Waals surface area contributed by atoms with Crippen LogP contribution in [-0.4, -0.2) is 37.2 Å². The quantitative estimate of drug-likeness (QED) is 0.285. The lowest BCUT2D eigenvalue weighted by atomic mass is 9.82. The zero-order valence-electron chi connectivity index (χ0n) is 15.8. The number of halogens is 1. The Morgan fingerprint density at radius 1 is 1.11 bits per heavy atom. The Kier molecular flexibility index (Phi) is 9.38. The highest BCUT2D eigenvalue weighted by Crippen LogP contribution is 2.32. The van der Waals surface area contributed by atoms with Crippen molar-refractivity contribution in [2.75, 3.05) is 20.2 Å². The summed E-state index contributed by atoms with van der Waals surface area (Å²) < 4.78 is 5.65. The number of hydrogen-bond acceptors (Lipinski definition) is 3. The molecule has 1 heterocycles. The van der Waals surface area contributed by atoms with Crippen LogP contribution in [0.25, 0.3) is 0 Å². The molecule has 0 unspecified atom stereocenters. The molecule has 2 N–H and O–H groups in total. The first-order chi connectivity index (χ1) is 12.8. The normalized spacial score (nSPS) is 19.7. The second-order valence-electron chi connectivity index (χ2n) is 6.64. The second kappa shape index (κ2) is 11.8. The van der Waals surface area contributed by atoms with Gasteiger partial charge in [-0.25, -0.2) is 0 Å². The largest absolute Gasteiger partial charge is 0.490 e. The molecule has 0 aliphatic heterocycles. The van der Waals surface area contributed by atoms with E-state index in [4.69, 9.17) is 4.74 Å². The van der Waals surface area contributed by atoms with Crippen molar-refractivity contribution in [1.82, 2.24) is 15.6 Å². The van der Waals surface area contributed by atoms with Crippen LogP contribution in [0.15, 0.2) is 59.9 Å². The van der Waals surface area contributed by atoms with Gasteiger partial charge in [0.1, 0.15) is 12.4 Å². The van der Waals surface area contributed by atoms with E-state index in [1.165, 1.54) is 31.2 Å². The Morgan fingerprint density at radius 2 is 1.89 bits per heavy atom. The number of aliphatic imine (C=N–C) groups is 1. The Balaban J connectivity index is 0.00000261. The van der Waals surface area contributed by atoms with Gasteiger partial charge in [0, 0.05) is 19.3 Å². The molecule has 6 heteroatoms. The van der Waals surface area contributed by atoms with Crippen LogP contribution in [0.3, 0.4) is 0 Å². The first-order valence-electron chi connectivity index (χ1n) is 9.40. The number of guanidine groups is 1. The molecule has 0 saturated heterocycles. The van der Waals surface area contributed by atoms with Crippen LogP contribution in [0, 0.1) is 0 Å². The smallest absolute Gasteiger partial charge is 0.191 e. The van der Waals surface area contributed by atoms with Crippen molar-refractivity contribution in [2.45, 2.75) is 37.6 Å². The number of hydrogen-bond donors (Lipinski definition) is 2. The van der Waals surface area contributed by atoms with Gasteiger partial charge in [-0.1, -0.05) is 30.3 Å². The van der Waals surface area contributed by atoms with E-state index in [0.717, 1.165) is 11.7 Å². The average molecular weight is 480 g/mol. The summed E-state index contributed by atoms with van der Waals surface area (Å²) in [5.41, 5.74) is 1.47. The summed E-state index contributed by atoms with van der Waals surface area (Å²) in [6.07, 6.45) is 8.26. The molecule has 3 rings (SSSR count). The minimum Gasteiger partial charge on any atom is -0.490 e. The van der Waals surface area contributed by atoms with E-state index in [2.05, 4.69) is 50.9 Å². The molecule has 1 aromatic heterocycles. The number of rotatable bonds is 6. The average Bonchev–Trinajstić information content (AvgIpc) is 2.72. The zero-order valence-corrected chi connectivity index (χ0v) is 18.1. The topological polar surface area (TPSA) is 58.5 Å². The molecule has 27 heavy (non-hydrogen) atoms. The third-order valence-corrected chi connectivity index (χ3v) is 4.86. The monoisotopic (exact) mass is 480 g/mol. The number of aromatic nitrogens is 1. The highest BCUT2D eigenvalue weighted by atomic mass is 127. The molecule has 1 fully saturated rings. The SMILES string of the molecule is CN=C(NCCOc1cccnc1)NC1CCC(c2ccccc2)CC1.I. The summed E-state index contributed by atoms with van der Waals surface area (Å²) in [6.45, 7) is 1.28. The number of nitrogens with one attached hydrogen (secondary N) is 2. The Labute approximate surface area is 179 Å². The van der Waals surface area contributed by atoms with Gasteiger partial charge < -0.3 is 15.4 Å². The molecule has 0 bridgehead atoms. The summed E-state index contributed by atoms with van der Waals surface area (Å²) in [4.78, 5) is 8.37. The van der Waals surface area contributed by atoms with Gasteiger partial charge in [0.2, 0.25) is 0 Å². The van der Waals surface area contributed by atoms with Crippen LogP contribution < -0.4 is 15.4 Å². The fraction of sp³-hybridized carbons (Fsp3) is 0.429. The molecule has 1 aromatic carbocycles. The van der Waals surface area contributed by atoms with Crippen molar-refractivity contribution in [3.63, 3.8) is 0 Å². The van der Waals surface area contributed by atoms with Crippen LogP contribution in [0.5, 0.6) is 5.75 Å². The van der Waals surface area contributed by atoms with Crippen molar-refractivity contribution in [3.05, 3.63) is 60.4 Å². The molecule has 146 valence electrons. The van der Waals surface area contributed by atoms with E-state index in [1.54, 1.807) is 12.4 Å². The summed E-state index contributed by atoms with van der Waals surface area (Å²) >= 11 is 0. The van der Waals surface area contributed by atoms with Crippen molar-refractivity contribution < 1.29 is 4.74 Å². The van der Waals surface area contributed by atoms with Gasteiger partial charge in [-0.2, -0.15) is 0 Å². The number of ether oxygens (including phenoxy) is 1. The molecule has 0 atom stereocenters. The van der Waals surface area contributed by atoms with Gasteiger partial charge in [0.05, 0.1) is 12.7 Å². The van der Waals surface area contributed by atoms with Crippen molar-refractivity contribution >= 4 is 29.9 Å². The third-order valence-electron chi connectivity index (χ3n) is 4.86. The summed E-state index contributed by atoms with van der Waals surface area (Å²) in [5, 5.41) is 6.87.